The molecular formula is C9H17O2-. The average Bonchev–Trinajstić information content (AvgIpc) is 1.97. The minimum atomic E-state index is -0.923. The maximum absolute atomic E-state index is 10.1. The minimum absolute atomic E-state index is 0.213. The van der Waals surface area contributed by atoms with Gasteiger partial charge in [-0.2, -0.15) is 0 Å². The van der Waals surface area contributed by atoms with Crippen molar-refractivity contribution in [3.05, 3.63) is 0 Å². The second-order valence-corrected chi connectivity index (χ2v) is 3.16. The Labute approximate surface area is 68.6 Å². The van der Waals surface area contributed by atoms with E-state index < -0.39 is 5.97 Å². The summed E-state index contributed by atoms with van der Waals surface area (Å²) < 4.78 is 0. The van der Waals surface area contributed by atoms with Crippen LogP contribution in [0.25, 0.3) is 0 Å². The summed E-state index contributed by atoms with van der Waals surface area (Å²) in [6, 6.07) is 0. The molecule has 0 heterocycles. The number of unbranched alkanes of at least 4 members (excludes halogenated alkanes) is 1. The Hall–Kier alpha value is -0.530. The molecule has 0 N–H and O–H groups in total. The third-order valence-corrected chi connectivity index (χ3v) is 1.89. The largest absolute Gasteiger partial charge is 0.550 e. The predicted octanol–water partition coefficient (Wildman–Crippen LogP) is 1.34. The van der Waals surface area contributed by atoms with E-state index in [4.69, 9.17) is 0 Å². The van der Waals surface area contributed by atoms with E-state index in [1.165, 1.54) is 12.8 Å². The molecule has 0 aromatic carbocycles. The second-order valence-electron chi connectivity index (χ2n) is 3.16. The van der Waals surface area contributed by atoms with Crippen LogP contribution in [0.5, 0.6) is 0 Å². The van der Waals surface area contributed by atoms with E-state index in [1.807, 2.05) is 0 Å². The number of carbonyl (C=O) groups is 1. The van der Waals surface area contributed by atoms with Gasteiger partial charge in [0.2, 0.25) is 0 Å². The van der Waals surface area contributed by atoms with E-state index in [2.05, 4.69) is 13.8 Å². The molecule has 0 saturated carbocycles. The first-order valence-electron chi connectivity index (χ1n) is 4.36. The Morgan fingerprint density at radius 2 is 2.09 bits per heavy atom. The Kier molecular flexibility index (Phi) is 5.90. The molecule has 0 aromatic heterocycles. The van der Waals surface area contributed by atoms with Crippen molar-refractivity contribution in [2.75, 3.05) is 0 Å². The van der Waals surface area contributed by atoms with Crippen LogP contribution in [0.3, 0.4) is 0 Å². The predicted molar refractivity (Wildman–Crippen MR) is 42.9 cm³/mol. The van der Waals surface area contributed by atoms with Crippen LogP contribution >= 0.6 is 0 Å². The Bertz CT molecular complexity index is 110. The number of carboxylic acid groups (broad SMARTS) is 1. The van der Waals surface area contributed by atoms with Crippen LogP contribution in [0, 0.1) is 5.92 Å². The molecule has 0 radical (unpaired) electrons. The lowest BCUT2D eigenvalue weighted by atomic mass is 9.99. The van der Waals surface area contributed by atoms with Gasteiger partial charge in [-0.1, -0.05) is 33.1 Å². The van der Waals surface area contributed by atoms with E-state index in [9.17, 15) is 9.90 Å². The van der Waals surface area contributed by atoms with Crippen LogP contribution in [-0.4, -0.2) is 5.97 Å². The molecule has 0 fully saturated rings. The van der Waals surface area contributed by atoms with Gasteiger partial charge in [0.1, 0.15) is 0 Å². The van der Waals surface area contributed by atoms with E-state index in [-0.39, 0.29) is 6.42 Å². The second kappa shape index (κ2) is 6.20. The molecule has 0 bridgehead atoms. The first-order chi connectivity index (χ1) is 5.16. The molecule has 0 aromatic rings. The van der Waals surface area contributed by atoms with E-state index >= 15 is 0 Å². The topological polar surface area (TPSA) is 40.1 Å². The highest BCUT2D eigenvalue weighted by atomic mass is 16.4. The Balaban J connectivity index is 3.22. The van der Waals surface area contributed by atoms with Gasteiger partial charge in [0, 0.05) is 5.97 Å². The minimum Gasteiger partial charge on any atom is -0.550 e. The molecular weight excluding hydrogens is 140 g/mol. The monoisotopic (exact) mass is 157 g/mol. The third kappa shape index (κ3) is 7.37. The first-order valence-corrected chi connectivity index (χ1v) is 4.36. The SMILES string of the molecule is CCCC[C@H](C)CCC(=O)[O-]. The van der Waals surface area contributed by atoms with Crippen LogP contribution in [0.2, 0.25) is 0 Å². The van der Waals surface area contributed by atoms with E-state index in [1.54, 1.807) is 0 Å². The molecule has 2 heteroatoms. The first kappa shape index (κ1) is 10.5. The summed E-state index contributed by atoms with van der Waals surface area (Å²) in [7, 11) is 0. The molecule has 66 valence electrons. The zero-order valence-corrected chi connectivity index (χ0v) is 7.43. The van der Waals surface area contributed by atoms with Gasteiger partial charge in [0.25, 0.3) is 0 Å². The quantitative estimate of drug-likeness (QED) is 0.583. The number of aliphatic carboxylic acids is 1. The number of carbonyl (C=O) groups excluding carboxylic acids is 1. The summed E-state index contributed by atoms with van der Waals surface area (Å²) in [6.45, 7) is 4.24. The lowest BCUT2D eigenvalue weighted by Crippen LogP contribution is -2.22. The van der Waals surface area contributed by atoms with Gasteiger partial charge >= 0.3 is 0 Å². The summed E-state index contributed by atoms with van der Waals surface area (Å²) in [5, 5.41) is 10.1. The lowest BCUT2D eigenvalue weighted by molar-refractivity contribution is -0.306. The Morgan fingerprint density at radius 1 is 1.45 bits per heavy atom. The van der Waals surface area contributed by atoms with Crippen molar-refractivity contribution in [2.45, 2.75) is 46.0 Å². The summed E-state index contributed by atoms with van der Waals surface area (Å²) in [6.07, 6.45) is 4.51. The smallest absolute Gasteiger partial charge is 0.0414 e. The summed E-state index contributed by atoms with van der Waals surface area (Å²) in [5.41, 5.74) is 0. The zero-order valence-electron chi connectivity index (χ0n) is 7.43. The molecule has 0 unspecified atom stereocenters. The molecule has 0 rings (SSSR count). The molecule has 0 saturated heterocycles. The highest BCUT2D eigenvalue weighted by Gasteiger charge is 2.00. The van der Waals surface area contributed by atoms with Crippen LogP contribution in [0.1, 0.15) is 46.0 Å². The van der Waals surface area contributed by atoms with E-state index in [0.717, 1.165) is 12.8 Å². The maximum Gasteiger partial charge on any atom is 0.0414 e. The molecule has 0 spiro atoms. The molecule has 0 aliphatic heterocycles. The number of hydrogen-bond donors (Lipinski definition) is 0. The number of carboxylic acids is 1. The fourth-order valence-electron chi connectivity index (χ4n) is 1.06. The van der Waals surface area contributed by atoms with Crippen molar-refractivity contribution in [3.8, 4) is 0 Å². The van der Waals surface area contributed by atoms with Crippen molar-refractivity contribution in [1.29, 1.82) is 0 Å². The Morgan fingerprint density at radius 3 is 2.55 bits per heavy atom. The fourth-order valence-corrected chi connectivity index (χ4v) is 1.06. The van der Waals surface area contributed by atoms with Crippen molar-refractivity contribution >= 4 is 5.97 Å². The van der Waals surface area contributed by atoms with Gasteiger partial charge < -0.3 is 9.90 Å². The summed E-state index contributed by atoms with van der Waals surface area (Å²) in [5.74, 6) is -0.388. The van der Waals surface area contributed by atoms with Gasteiger partial charge in [0.05, 0.1) is 0 Å². The fraction of sp³-hybridized carbons (Fsp3) is 0.889. The number of hydrogen-bond acceptors (Lipinski definition) is 2. The molecule has 1 atom stereocenters. The summed E-state index contributed by atoms with van der Waals surface area (Å²) >= 11 is 0. The van der Waals surface area contributed by atoms with E-state index in [0.29, 0.717) is 5.92 Å². The average molecular weight is 157 g/mol. The molecule has 0 aliphatic rings. The normalized spacial score (nSPS) is 12.9. The van der Waals surface area contributed by atoms with Crippen molar-refractivity contribution in [1.82, 2.24) is 0 Å². The highest BCUT2D eigenvalue weighted by Crippen LogP contribution is 2.12. The van der Waals surface area contributed by atoms with Crippen LogP contribution < -0.4 is 5.11 Å². The van der Waals surface area contributed by atoms with Crippen LogP contribution in [-0.2, 0) is 4.79 Å². The van der Waals surface area contributed by atoms with Crippen molar-refractivity contribution in [2.24, 2.45) is 5.92 Å². The molecule has 2 nitrogen and oxygen atoms in total. The molecule has 11 heavy (non-hydrogen) atoms. The number of rotatable bonds is 6. The highest BCUT2D eigenvalue weighted by molar-refractivity contribution is 5.64. The van der Waals surface area contributed by atoms with Crippen LogP contribution in [0.15, 0.2) is 0 Å². The van der Waals surface area contributed by atoms with Gasteiger partial charge in [-0.05, 0) is 18.8 Å². The van der Waals surface area contributed by atoms with Crippen molar-refractivity contribution < 1.29 is 9.90 Å². The van der Waals surface area contributed by atoms with Crippen molar-refractivity contribution in [3.63, 3.8) is 0 Å². The van der Waals surface area contributed by atoms with Gasteiger partial charge in [-0.25, -0.2) is 0 Å². The third-order valence-electron chi connectivity index (χ3n) is 1.89. The molecule has 0 amide bonds. The maximum atomic E-state index is 10.1. The van der Waals surface area contributed by atoms with Gasteiger partial charge in [-0.3, -0.25) is 0 Å². The lowest BCUT2D eigenvalue weighted by Gasteiger charge is -2.10. The standard InChI is InChI=1S/C9H18O2/c1-3-4-5-8(2)6-7-9(10)11/h8H,3-7H2,1-2H3,(H,10,11)/p-1/t8-/m0/s1. The molecule has 0 aliphatic carbocycles. The van der Waals surface area contributed by atoms with Gasteiger partial charge in [-0.15, -0.1) is 0 Å². The van der Waals surface area contributed by atoms with Crippen LogP contribution in [0.4, 0.5) is 0 Å². The zero-order chi connectivity index (χ0) is 8.69. The van der Waals surface area contributed by atoms with Gasteiger partial charge in [0.15, 0.2) is 0 Å². The summed E-state index contributed by atoms with van der Waals surface area (Å²) in [4.78, 5) is 10.1.